The summed E-state index contributed by atoms with van der Waals surface area (Å²) in [5, 5.41) is 6.01. The highest BCUT2D eigenvalue weighted by Crippen LogP contribution is 2.15. The van der Waals surface area contributed by atoms with Crippen LogP contribution in [-0.4, -0.2) is 40.4 Å². The van der Waals surface area contributed by atoms with E-state index in [0.717, 1.165) is 0 Å². The van der Waals surface area contributed by atoms with Gasteiger partial charge in [-0.1, -0.05) is 13.8 Å². The van der Waals surface area contributed by atoms with Gasteiger partial charge in [0.1, 0.15) is 0 Å². The molecule has 0 fully saturated rings. The molecule has 0 aliphatic heterocycles. The summed E-state index contributed by atoms with van der Waals surface area (Å²) in [5.74, 6) is 0. The Morgan fingerprint density at radius 1 is 1.39 bits per heavy atom. The SMILES string of the molecule is CCN(CC)S(=O)(=O)c1ccn2c(=O)[nH]nc2c1. The van der Waals surface area contributed by atoms with Crippen molar-refractivity contribution in [1.82, 2.24) is 18.9 Å². The second-order valence-electron chi connectivity index (χ2n) is 3.71. The predicted octanol–water partition coefficient (Wildman–Crippen LogP) is 0.0531. The van der Waals surface area contributed by atoms with E-state index < -0.39 is 15.7 Å². The molecular weight excluding hydrogens is 256 g/mol. The number of sulfonamides is 1. The summed E-state index contributed by atoms with van der Waals surface area (Å²) in [6.45, 7) is 4.35. The van der Waals surface area contributed by atoms with Gasteiger partial charge in [-0.05, 0) is 6.07 Å². The molecule has 1 N–H and O–H groups in total. The van der Waals surface area contributed by atoms with Crippen molar-refractivity contribution in [2.75, 3.05) is 13.1 Å². The van der Waals surface area contributed by atoms with Crippen LogP contribution in [0, 0.1) is 0 Å². The zero-order chi connectivity index (χ0) is 13.3. The Morgan fingerprint density at radius 2 is 2.06 bits per heavy atom. The van der Waals surface area contributed by atoms with Crippen LogP contribution in [0.15, 0.2) is 28.0 Å². The van der Waals surface area contributed by atoms with Crippen LogP contribution in [0.1, 0.15) is 13.8 Å². The van der Waals surface area contributed by atoms with Gasteiger partial charge in [0.2, 0.25) is 10.0 Å². The first-order valence-corrected chi connectivity index (χ1v) is 7.01. The van der Waals surface area contributed by atoms with Crippen LogP contribution >= 0.6 is 0 Å². The molecule has 0 atom stereocenters. The van der Waals surface area contributed by atoms with E-state index in [9.17, 15) is 13.2 Å². The van der Waals surface area contributed by atoms with E-state index in [1.807, 2.05) is 0 Å². The third kappa shape index (κ3) is 1.93. The fourth-order valence-corrected chi connectivity index (χ4v) is 3.22. The summed E-state index contributed by atoms with van der Waals surface area (Å²) in [7, 11) is -3.52. The molecule has 0 saturated heterocycles. The van der Waals surface area contributed by atoms with Crippen molar-refractivity contribution in [1.29, 1.82) is 0 Å². The number of rotatable bonds is 4. The standard InChI is InChI=1S/C10H14N4O3S/c1-3-13(4-2)18(16,17)8-5-6-14-9(7-8)11-12-10(14)15/h5-7H,3-4H2,1-2H3,(H,12,15). The molecule has 7 nitrogen and oxygen atoms in total. The molecule has 18 heavy (non-hydrogen) atoms. The normalized spacial score (nSPS) is 12.4. The van der Waals surface area contributed by atoms with Crippen molar-refractivity contribution < 1.29 is 8.42 Å². The van der Waals surface area contributed by atoms with Gasteiger partial charge >= 0.3 is 5.69 Å². The van der Waals surface area contributed by atoms with Gasteiger partial charge in [-0.15, -0.1) is 0 Å². The van der Waals surface area contributed by atoms with Gasteiger partial charge in [0, 0.05) is 25.4 Å². The van der Waals surface area contributed by atoms with Gasteiger partial charge in [-0.25, -0.2) is 18.3 Å². The van der Waals surface area contributed by atoms with Gasteiger partial charge in [0.05, 0.1) is 4.90 Å². The third-order valence-electron chi connectivity index (χ3n) is 2.73. The Kier molecular flexibility index (Phi) is 3.22. The fraction of sp³-hybridized carbons (Fsp3) is 0.400. The minimum atomic E-state index is -3.52. The van der Waals surface area contributed by atoms with E-state index in [-0.39, 0.29) is 10.5 Å². The summed E-state index contributed by atoms with van der Waals surface area (Å²) >= 11 is 0. The lowest BCUT2D eigenvalue weighted by Crippen LogP contribution is -2.30. The maximum absolute atomic E-state index is 12.2. The first kappa shape index (κ1) is 12.8. The summed E-state index contributed by atoms with van der Waals surface area (Å²) < 4.78 is 27.1. The van der Waals surface area contributed by atoms with Crippen LogP contribution < -0.4 is 5.69 Å². The van der Waals surface area contributed by atoms with Gasteiger partial charge in [0.15, 0.2) is 5.65 Å². The highest BCUT2D eigenvalue weighted by molar-refractivity contribution is 7.89. The summed E-state index contributed by atoms with van der Waals surface area (Å²) in [5.41, 5.74) is -0.106. The molecule has 2 aromatic heterocycles. The molecule has 0 aliphatic carbocycles. The number of aromatic nitrogens is 3. The molecule has 0 aliphatic rings. The van der Waals surface area contributed by atoms with Crippen LogP contribution in [0.25, 0.3) is 5.65 Å². The Hall–Kier alpha value is -1.67. The van der Waals surface area contributed by atoms with E-state index in [4.69, 9.17) is 0 Å². The maximum Gasteiger partial charge on any atom is 0.347 e. The molecule has 0 bridgehead atoms. The molecular formula is C10H14N4O3S. The molecule has 98 valence electrons. The van der Waals surface area contributed by atoms with Crippen molar-refractivity contribution in [2.24, 2.45) is 0 Å². The van der Waals surface area contributed by atoms with Crippen molar-refractivity contribution in [2.45, 2.75) is 18.7 Å². The lowest BCUT2D eigenvalue weighted by Gasteiger charge is -2.18. The van der Waals surface area contributed by atoms with Gasteiger partial charge in [-0.2, -0.15) is 9.40 Å². The monoisotopic (exact) mass is 270 g/mol. The lowest BCUT2D eigenvalue weighted by atomic mass is 10.5. The minimum absolute atomic E-state index is 0.137. The number of fused-ring (bicyclic) bond motifs is 1. The number of hydrogen-bond acceptors (Lipinski definition) is 4. The molecule has 0 spiro atoms. The number of nitrogens with zero attached hydrogens (tertiary/aromatic N) is 3. The van der Waals surface area contributed by atoms with Crippen LogP contribution in [0.2, 0.25) is 0 Å². The molecule has 0 radical (unpaired) electrons. The van der Waals surface area contributed by atoms with E-state index in [2.05, 4.69) is 10.2 Å². The largest absolute Gasteiger partial charge is 0.347 e. The number of aromatic amines is 1. The number of H-pyrrole nitrogens is 1. The average Bonchev–Trinajstić information content (AvgIpc) is 2.72. The second kappa shape index (κ2) is 4.54. The molecule has 2 aromatic rings. The van der Waals surface area contributed by atoms with Crippen molar-refractivity contribution in [3.8, 4) is 0 Å². The molecule has 2 heterocycles. The minimum Gasteiger partial charge on any atom is -0.250 e. The van der Waals surface area contributed by atoms with Crippen molar-refractivity contribution in [3.05, 3.63) is 28.8 Å². The molecule has 0 unspecified atom stereocenters. The third-order valence-corrected chi connectivity index (χ3v) is 4.78. The topological polar surface area (TPSA) is 87.5 Å². The van der Waals surface area contributed by atoms with Crippen molar-refractivity contribution >= 4 is 15.7 Å². The van der Waals surface area contributed by atoms with Gasteiger partial charge in [-0.3, -0.25) is 4.40 Å². The van der Waals surface area contributed by atoms with Crippen molar-refractivity contribution in [3.63, 3.8) is 0 Å². The second-order valence-corrected chi connectivity index (χ2v) is 5.65. The van der Waals surface area contributed by atoms with Gasteiger partial charge in [0.25, 0.3) is 0 Å². The van der Waals surface area contributed by atoms with Crippen LogP contribution in [-0.2, 0) is 10.0 Å². The molecule has 8 heteroatoms. The Balaban J connectivity index is 2.57. The number of nitrogens with one attached hydrogen (secondary N) is 1. The van der Waals surface area contributed by atoms with E-state index in [1.54, 1.807) is 13.8 Å². The fourth-order valence-electron chi connectivity index (χ4n) is 1.76. The van der Waals surface area contributed by atoms with Crippen LogP contribution in [0.5, 0.6) is 0 Å². The Morgan fingerprint density at radius 3 is 2.67 bits per heavy atom. The number of pyridine rings is 1. The van der Waals surface area contributed by atoms with E-state index >= 15 is 0 Å². The number of hydrogen-bond donors (Lipinski definition) is 1. The maximum atomic E-state index is 12.2. The molecule has 0 amide bonds. The summed E-state index contributed by atoms with van der Waals surface area (Å²) in [4.78, 5) is 11.4. The molecule has 0 saturated carbocycles. The predicted molar refractivity (Wildman–Crippen MR) is 65.9 cm³/mol. The van der Waals surface area contributed by atoms with Crippen LogP contribution in [0.4, 0.5) is 0 Å². The Labute approximate surface area is 104 Å². The first-order valence-electron chi connectivity index (χ1n) is 5.57. The smallest absolute Gasteiger partial charge is 0.250 e. The lowest BCUT2D eigenvalue weighted by molar-refractivity contribution is 0.445. The highest BCUT2D eigenvalue weighted by Gasteiger charge is 2.22. The molecule has 2 rings (SSSR count). The quantitative estimate of drug-likeness (QED) is 0.850. The zero-order valence-corrected chi connectivity index (χ0v) is 10.9. The Bertz CT molecular complexity index is 712. The first-order chi connectivity index (χ1) is 8.50. The van der Waals surface area contributed by atoms with E-state index in [1.165, 1.54) is 27.0 Å². The zero-order valence-electron chi connectivity index (χ0n) is 10.1. The highest BCUT2D eigenvalue weighted by atomic mass is 32.2. The summed E-state index contributed by atoms with van der Waals surface area (Å²) in [6, 6.07) is 2.78. The molecule has 0 aromatic carbocycles. The van der Waals surface area contributed by atoms with E-state index in [0.29, 0.717) is 13.1 Å². The average molecular weight is 270 g/mol. The summed E-state index contributed by atoms with van der Waals surface area (Å²) in [6.07, 6.45) is 1.40. The van der Waals surface area contributed by atoms with Crippen LogP contribution in [0.3, 0.4) is 0 Å². The van der Waals surface area contributed by atoms with Gasteiger partial charge < -0.3 is 0 Å².